The molecule has 152 valence electrons. The number of ketones is 1. The smallest absolute Gasteiger partial charge is 0.153 e. The maximum Gasteiger partial charge on any atom is 0.153 e. The molecule has 0 unspecified atom stereocenters. The molecule has 2 aromatic carbocycles. The van der Waals surface area contributed by atoms with Gasteiger partial charge in [-0.1, -0.05) is 36.4 Å². The number of para-hydroxylation sites is 2. The Labute approximate surface area is 166 Å². The zero-order valence-corrected chi connectivity index (χ0v) is 17.1. The van der Waals surface area contributed by atoms with E-state index in [9.17, 15) is 4.79 Å². The van der Waals surface area contributed by atoms with Crippen LogP contribution < -0.4 is 9.47 Å². The lowest BCUT2D eigenvalue weighted by atomic mass is 9.67. The molecule has 0 aromatic heterocycles. The third-order valence-corrected chi connectivity index (χ3v) is 4.95. The van der Waals surface area contributed by atoms with Crippen LogP contribution in [0.1, 0.15) is 38.8 Å². The number of rotatable bonds is 10. The monoisotopic (exact) mass is 386 g/mol. The Kier molecular flexibility index (Phi) is 7.22. The van der Waals surface area contributed by atoms with Crippen molar-refractivity contribution in [2.24, 2.45) is 0 Å². The van der Waals surface area contributed by atoms with E-state index in [2.05, 4.69) is 0 Å². The number of benzene rings is 2. The first-order valence-corrected chi connectivity index (χ1v) is 9.48. The first-order chi connectivity index (χ1) is 13.3. The number of hydrogen-bond acceptors (Lipinski definition) is 5. The fraction of sp³-hybridized carbons (Fsp3) is 0.435. The summed E-state index contributed by atoms with van der Waals surface area (Å²) in [6, 6.07) is 14.8. The first-order valence-electron chi connectivity index (χ1n) is 9.48. The molecule has 0 aliphatic heterocycles. The van der Waals surface area contributed by atoms with Gasteiger partial charge in [-0.25, -0.2) is 0 Å². The summed E-state index contributed by atoms with van der Waals surface area (Å²) in [5.41, 5.74) is -0.121. The van der Waals surface area contributed by atoms with E-state index in [-0.39, 0.29) is 32.2 Å². The van der Waals surface area contributed by atoms with Crippen LogP contribution >= 0.6 is 0 Å². The first kappa shape index (κ1) is 21.9. The van der Waals surface area contributed by atoms with Crippen molar-refractivity contribution < 1.29 is 24.5 Å². The molecule has 2 aromatic rings. The van der Waals surface area contributed by atoms with Gasteiger partial charge in [0, 0.05) is 11.1 Å². The van der Waals surface area contributed by atoms with E-state index in [1.807, 2.05) is 76.2 Å². The Balaban J connectivity index is 2.44. The Bertz CT molecular complexity index is 730. The number of carbonyl (C=O) groups is 1. The third-order valence-electron chi connectivity index (χ3n) is 4.95. The van der Waals surface area contributed by atoms with Gasteiger partial charge in [-0.15, -0.1) is 0 Å². The van der Waals surface area contributed by atoms with E-state index in [1.165, 1.54) is 0 Å². The van der Waals surface area contributed by atoms with Gasteiger partial charge in [0.1, 0.15) is 24.7 Å². The van der Waals surface area contributed by atoms with Crippen molar-refractivity contribution >= 4 is 5.78 Å². The summed E-state index contributed by atoms with van der Waals surface area (Å²) in [6.07, 6.45) is 0. The predicted molar refractivity (Wildman–Crippen MR) is 109 cm³/mol. The highest BCUT2D eigenvalue weighted by Gasteiger charge is 2.43. The number of aliphatic hydroxyl groups is 2. The average molecular weight is 386 g/mol. The van der Waals surface area contributed by atoms with Crippen molar-refractivity contribution in [2.75, 3.05) is 26.4 Å². The molecule has 28 heavy (non-hydrogen) atoms. The minimum Gasteiger partial charge on any atom is -0.491 e. The molecule has 0 fully saturated rings. The highest BCUT2D eigenvalue weighted by atomic mass is 16.5. The van der Waals surface area contributed by atoms with Crippen LogP contribution in [0.4, 0.5) is 0 Å². The van der Waals surface area contributed by atoms with E-state index < -0.39 is 10.8 Å². The van der Waals surface area contributed by atoms with Gasteiger partial charge in [0.05, 0.1) is 24.0 Å². The van der Waals surface area contributed by atoms with Crippen LogP contribution in [0, 0.1) is 0 Å². The third kappa shape index (κ3) is 4.54. The van der Waals surface area contributed by atoms with Crippen molar-refractivity contribution in [2.45, 2.75) is 38.5 Å². The van der Waals surface area contributed by atoms with Crippen LogP contribution in [0.15, 0.2) is 48.5 Å². The fourth-order valence-corrected chi connectivity index (χ4v) is 3.55. The van der Waals surface area contributed by atoms with Crippen LogP contribution in [0.3, 0.4) is 0 Å². The van der Waals surface area contributed by atoms with E-state index in [0.29, 0.717) is 11.5 Å². The minimum atomic E-state index is -0.834. The second-order valence-electron chi connectivity index (χ2n) is 7.72. The average Bonchev–Trinajstić information content (AvgIpc) is 2.70. The lowest BCUT2D eigenvalue weighted by Crippen LogP contribution is -2.43. The van der Waals surface area contributed by atoms with Crippen molar-refractivity contribution in [3.05, 3.63) is 59.7 Å². The maximum atomic E-state index is 13.7. The molecule has 0 saturated carbocycles. The van der Waals surface area contributed by atoms with Gasteiger partial charge >= 0.3 is 0 Å². The van der Waals surface area contributed by atoms with E-state index in [1.54, 1.807) is 0 Å². The van der Waals surface area contributed by atoms with Gasteiger partial charge < -0.3 is 19.7 Å². The Morgan fingerprint density at radius 1 is 0.750 bits per heavy atom. The molecule has 5 heteroatoms. The lowest BCUT2D eigenvalue weighted by molar-refractivity contribution is -0.128. The predicted octanol–water partition coefficient (Wildman–Crippen LogP) is 3.25. The fourth-order valence-electron chi connectivity index (χ4n) is 3.55. The quantitative estimate of drug-likeness (QED) is 0.656. The van der Waals surface area contributed by atoms with Gasteiger partial charge in [0.25, 0.3) is 0 Å². The molecule has 2 N–H and O–H groups in total. The molecule has 0 bridgehead atoms. The zero-order chi connectivity index (χ0) is 20.8. The largest absolute Gasteiger partial charge is 0.491 e. The molecule has 0 atom stereocenters. The highest BCUT2D eigenvalue weighted by molar-refractivity contribution is 5.98. The van der Waals surface area contributed by atoms with Crippen LogP contribution in [0.5, 0.6) is 11.5 Å². The molecule has 0 aliphatic rings. The normalized spacial score (nSPS) is 11.9. The number of aliphatic hydroxyl groups excluding tert-OH is 2. The number of Topliss-reactive ketones (excluding diaryl/α,β-unsaturated/α-hetero) is 1. The summed E-state index contributed by atoms with van der Waals surface area (Å²) in [5.74, 6) is 1.20. The van der Waals surface area contributed by atoms with E-state index in [4.69, 9.17) is 19.7 Å². The zero-order valence-electron chi connectivity index (χ0n) is 17.1. The standard InChI is InChI=1S/C23H30O5/c1-22(2,17-9-5-7-11-19(17)27-15-13-24)21(26)23(3,4)18-10-6-8-12-20(18)28-16-14-25/h5-12,24-25H,13-16H2,1-4H3. The van der Waals surface area contributed by atoms with Crippen LogP contribution in [0.2, 0.25) is 0 Å². The summed E-state index contributed by atoms with van der Waals surface area (Å²) in [4.78, 5) is 13.7. The molecule has 0 radical (unpaired) electrons. The highest BCUT2D eigenvalue weighted by Crippen LogP contribution is 2.41. The van der Waals surface area contributed by atoms with Gasteiger partial charge in [-0.05, 0) is 39.8 Å². The minimum absolute atomic E-state index is 0.0140. The maximum absolute atomic E-state index is 13.7. The number of ether oxygens (including phenoxy) is 2. The van der Waals surface area contributed by atoms with Gasteiger partial charge in [-0.2, -0.15) is 0 Å². The molecular formula is C23H30O5. The van der Waals surface area contributed by atoms with Crippen molar-refractivity contribution in [3.63, 3.8) is 0 Å². The molecule has 0 heterocycles. The summed E-state index contributed by atoms with van der Waals surface area (Å²) in [7, 11) is 0. The molecule has 0 aliphatic carbocycles. The Morgan fingerprint density at radius 3 is 1.46 bits per heavy atom. The number of carbonyl (C=O) groups excluding carboxylic acids is 1. The summed E-state index contributed by atoms with van der Waals surface area (Å²) in [5, 5.41) is 18.2. The Morgan fingerprint density at radius 2 is 1.11 bits per heavy atom. The molecule has 5 nitrogen and oxygen atoms in total. The lowest BCUT2D eigenvalue weighted by Gasteiger charge is -2.35. The van der Waals surface area contributed by atoms with Crippen molar-refractivity contribution in [3.8, 4) is 11.5 Å². The summed E-state index contributed by atoms with van der Waals surface area (Å²) >= 11 is 0. The van der Waals surface area contributed by atoms with Crippen LogP contribution in [0.25, 0.3) is 0 Å². The van der Waals surface area contributed by atoms with Gasteiger partial charge in [0.15, 0.2) is 5.78 Å². The SMILES string of the molecule is CC(C)(C(=O)C(C)(C)c1ccccc1OCCO)c1ccccc1OCCO. The van der Waals surface area contributed by atoms with Crippen molar-refractivity contribution in [1.29, 1.82) is 0 Å². The van der Waals surface area contributed by atoms with Gasteiger partial charge in [-0.3, -0.25) is 4.79 Å². The summed E-state index contributed by atoms with van der Waals surface area (Å²) in [6.45, 7) is 7.69. The summed E-state index contributed by atoms with van der Waals surface area (Å²) < 4.78 is 11.3. The second-order valence-corrected chi connectivity index (χ2v) is 7.72. The van der Waals surface area contributed by atoms with Gasteiger partial charge in [0.2, 0.25) is 0 Å². The molecule has 0 saturated heterocycles. The molecule has 0 spiro atoms. The topological polar surface area (TPSA) is 76.0 Å². The molecule has 0 amide bonds. The van der Waals surface area contributed by atoms with Crippen molar-refractivity contribution in [1.82, 2.24) is 0 Å². The van der Waals surface area contributed by atoms with Crippen LogP contribution in [-0.4, -0.2) is 42.4 Å². The molecular weight excluding hydrogens is 356 g/mol. The molecule has 2 rings (SSSR count). The van der Waals surface area contributed by atoms with Crippen LogP contribution in [-0.2, 0) is 15.6 Å². The van der Waals surface area contributed by atoms with E-state index >= 15 is 0 Å². The Hall–Kier alpha value is -2.37. The number of hydrogen-bond donors (Lipinski definition) is 2. The second kappa shape index (κ2) is 9.22. The van der Waals surface area contributed by atoms with E-state index in [0.717, 1.165) is 11.1 Å².